The van der Waals surface area contributed by atoms with Crippen molar-refractivity contribution < 1.29 is 4.79 Å². The second-order valence-corrected chi connectivity index (χ2v) is 7.61. The molecule has 6 heteroatoms. The Morgan fingerprint density at radius 3 is 2.72 bits per heavy atom. The van der Waals surface area contributed by atoms with E-state index >= 15 is 0 Å². The highest BCUT2D eigenvalue weighted by Crippen LogP contribution is 2.22. The van der Waals surface area contributed by atoms with Gasteiger partial charge in [0, 0.05) is 31.0 Å². The molecule has 4 rings (SSSR count). The molecule has 150 valence electrons. The molecule has 1 amide bonds. The van der Waals surface area contributed by atoms with Crippen LogP contribution in [0, 0.1) is 0 Å². The summed E-state index contributed by atoms with van der Waals surface area (Å²) in [4.78, 5) is 19.5. The number of piperidine rings is 1. The molecule has 0 unspecified atom stereocenters. The zero-order valence-electron chi connectivity index (χ0n) is 16.7. The summed E-state index contributed by atoms with van der Waals surface area (Å²) in [5, 5.41) is 8.34. The fourth-order valence-electron chi connectivity index (χ4n) is 3.97. The van der Waals surface area contributed by atoms with Gasteiger partial charge in [-0.05, 0) is 56.2 Å². The minimum atomic E-state index is 0.00156. The van der Waals surface area contributed by atoms with Crippen LogP contribution in [0.1, 0.15) is 47.4 Å². The van der Waals surface area contributed by atoms with Gasteiger partial charge in [0.2, 0.25) is 0 Å². The van der Waals surface area contributed by atoms with Crippen LogP contribution >= 0.6 is 0 Å². The predicted molar refractivity (Wildman–Crippen MR) is 111 cm³/mol. The average Bonchev–Trinajstić information content (AvgIpc) is 3.26. The number of amides is 1. The molecule has 0 N–H and O–H groups in total. The molecule has 3 heterocycles. The number of nitrogens with zero attached hydrogens (tertiary/aromatic N) is 5. The molecule has 1 atom stereocenters. The van der Waals surface area contributed by atoms with Gasteiger partial charge in [-0.25, -0.2) is 0 Å². The molecular formula is C23H27N5O. The molecule has 0 spiro atoms. The summed E-state index contributed by atoms with van der Waals surface area (Å²) >= 11 is 0. The van der Waals surface area contributed by atoms with Crippen molar-refractivity contribution in [3.8, 4) is 0 Å². The molecule has 0 bridgehead atoms. The molecule has 0 saturated carbocycles. The van der Waals surface area contributed by atoms with Crippen LogP contribution in [0.25, 0.3) is 0 Å². The largest absolute Gasteiger partial charge is 0.334 e. The summed E-state index contributed by atoms with van der Waals surface area (Å²) in [5.41, 5.74) is 2.78. The summed E-state index contributed by atoms with van der Waals surface area (Å²) < 4.78 is 1.77. The minimum absolute atomic E-state index is 0.00156. The van der Waals surface area contributed by atoms with Crippen molar-refractivity contribution in [2.45, 2.75) is 51.1 Å². The number of carbonyl (C=O) groups excluding carboxylic acids is 1. The van der Waals surface area contributed by atoms with E-state index < -0.39 is 0 Å². The SMILES string of the molecule is O=C(c1cn(CCc2ccccc2)nn1)N1CCCC[C@@H]1CCc1ccccn1. The van der Waals surface area contributed by atoms with Gasteiger partial charge in [-0.15, -0.1) is 5.10 Å². The zero-order chi connectivity index (χ0) is 19.9. The van der Waals surface area contributed by atoms with E-state index in [4.69, 9.17) is 0 Å². The Morgan fingerprint density at radius 1 is 1.03 bits per heavy atom. The van der Waals surface area contributed by atoms with Crippen LogP contribution < -0.4 is 0 Å². The summed E-state index contributed by atoms with van der Waals surface area (Å²) in [6.45, 7) is 1.51. The molecule has 0 aliphatic carbocycles. The van der Waals surface area contributed by atoms with E-state index in [1.165, 1.54) is 12.0 Å². The number of hydrogen-bond donors (Lipinski definition) is 0. The molecule has 1 aromatic carbocycles. The number of hydrogen-bond acceptors (Lipinski definition) is 4. The Balaban J connectivity index is 1.37. The summed E-state index contributed by atoms with van der Waals surface area (Å²) in [5.74, 6) is 0.00156. The fraction of sp³-hybridized carbons (Fsp3) is 0.391. The first-order chi connectivity index (χ1) is 14.3. The highest BCUT2D eigenvalue weighted by Gasteiger charge is 2.28. The first-order valence-electron chi connectivity index (χ1n) is 10.4. The Hall–Kier alpha value is -3.02. The first kappa shape index (κ1) is 19.3. The van der Waals surface area contributed by atoms with Gasteiger partial charge in [-0.1, -0.05) is 41.6 Å². The molecular weight excluding hydrogens is 362 g/mol. The summed E-state index contributed by atoms with van der Waals surface area (Å²) in [6, 6.07) is 16.5. The maximum Gasteiger partial charge on any atom is 0.276 e. The van der Waals surface area contributed by atoms with Gasteiger partial charge in [-0.3, -0.25) is 14.5 Å². The van der Waals surface area contributed by atoms with E-state index in [0.29, 0.717) is 12.2 Å². The Kier molecular flexibility index (Phi) is 6.29. The van der Waals surface area contributed by atoms with Crippen LogP contribution in [0.3, 0.4) is 0 Å². The number of carbonyl (C=O) groups is 1. The highest BCUT2D eigenvalue weighted by molar-refractivity contribution is 5.92. The standard InChI is InChI=1S/C23H27N5O/c29-23(22-18-27(26-25-22)17-14-19-8-2-1-3-9-19)28-16-7-5-11-21(28)13-12-20-10-4-6-15-24-20/h1-4,6,8-10,15,18,21H,5,7,11-14,16-17H2/t21-/m1/s1. The van der Waals surface area contributed by atoms with E-state index in [1.807, 2.05) is 47.5 Å². The van der Waals surface area contributed by atoms with Gasteiger partial charge in [0.05, 0.1) is 6.20 Å². The third-order valence-corrected chi connectivity index (χ3v) is 5.58. The lowest BCUT2D eigenvalue weighted by atomic mass is 9.96. The Labute approximate surface area is 171 Å². The van der Waals surface area contributed by atoms with Crippen LogP contribution in [-0.4, -0.2) is 43.4 Å². The monoisotopic (exact) mass is 389 g/mol. The van der Waals surface area contributed by atoms with Crippen molar-refractivity contribution >= 4 is 5.91 Å². The van der Waals surface area contributed by atoms with Crippen molar-refractivity contribution in [3.63, 3.8) is 0 Å². The highest BCUT2D eigenvalue weighted by atomic mass is 16.2. The van der Waals surface area contributed by atoms with E-state index in [2.05, 4.69) is 27.4 Å². The summed E-state index contributed by atoms with van der Waals surface area (Å²) in [6.07, 6.45) is 9.57. The fourth-order valence-corrected chi connectivity index (χ4v) is 3.97. The zero-order valence-corrected chi connectivity index (χ0v) is 16.7. The molecule has 3 aromatic rings. The number of rotatable bonds is 7. The minimum Gasteiger partial charge on any atom is -0.334 e. The quantitative estimate of drug-likeness (QED) is 0.620. The van der Waals surface area contributed by atoms with E-state index in [9.17, 15) is 4.79 Å². The van der Waals surface area contributed by atoms with E-state index in [-0.39, 0.29) is 11.9 Å². The third-order valence-electron chi connectivity index (χ3n) is 5.58. The molecule has 1 aliphatic rings. The number of aromatic nitrogens is 4. The van der Waals surface area contributed by atoms with Crippen molar-refractivity contribution in [1.82, 2.24) is 24.9 Å². The maximum atomic E-state index is 13.1. The van der Waals surface area contributed by atoms with Crippen LogP contribution in [0.4, 0.5) is 0 Å². The van der Waals surface area contributed by atoms with Crippen LogP contribution in [0.5, 0.6) is 0 Å². The smallest absolute Gasteiger partial charge is 0.276 e. The summed E-state index contributed by atoms with van der Waals surface area (Å²) in [7, 11) is 0. The lowest BCUT2D eigenvalue weighted by molar-refractivity contribution is 0.0595. The van der Waals surface area contributed by atoms with Crippen LogP contribution in [-0.2, 0) is 19.4 Å². The first-order valence-corrected chi connectivity index (χ1v) is 10.4. The van der Waals surface area contributed by atoms with Crippen molar-refractivity contribution in [3.05, 3.63) is 77.9 Å². The van der Waals surface area contributed by atoms with Crippen LogP contribution in [0.2, 0.25) is 0 Å². The molecule has 2 aromatic heterocycles. The molecule has 0 radical (unpaired) electrons. The van der Waals surface area contributed by atoms with Gasteiger partial charge < -0.3 is 4.90 Å². The lowest BCUT2D eigenvalue weighted by Crippen LogP contribution is -2.44. The van der Waals surface area contributed by atoms with E-state index in [1.54, 1.807) is 10.9 Å². The molecule has 1 saturated heterocycles. The maximum absolute atomic E-state index is 13.1. The average molecular weight is 390 g/mol. The van der Waals surface area contributed by atoms with E-state index in [0.717, 1.165) is 44.3 Å². The van der Waals surface area contributed by atoms with Gasteiger partial charge >= 0.3 is 0 Å². The van der Waals surface area contributed by atoms with Crippen molar-refractivity contribution in [2.24, 2.45) is 0 Å². The van der Waals surface area contributed by atoms with Gasteiger partial charge in [0.25, 0.3) is 5.91 Å². The van der Waals surface area contributed by atoms with Gasteiger partial charge in [0.1, 0.15) is 0 Å². The van der Waals surface area contributed by atoms with Crippen LogP contribution in [0.15, 0.2) is 60.9 Å². The number of benzene rings is 1. The Morgan fingerprint density at radius 2 is 1.90 bits per heavy atom. The molecule has 1 aliphatic heterocycles. The number of pyridine rings is 1. The molecule has 29 heavy (non-hydrogen) atoms. The second kappa shape index (κ2) is 9.45. The molecule has 6 nitrogen and oxygen atoms in total. The normalized spacial score (nSPS) is 16.7. The third kappa shape index (κ3) is 5.08. The predicted octanol–water partition coefficient (Wildman–Crippen LogP) is 3.54. The topological polar surface area (TPSA) is 63.9 Å². The number of aryl methyl sites for hydroxylation is 3. The van der Waals surface area contributed by atoms with Crippen molar-refractivity contribution in [1.29, 1.82) is 0 Å². The lowest BCUT2D eigenvalue weighted by Gasteiger charge is -2.35. The number of likely N-dealkylation sites (tertiary alicyclic amines) is 1. The Bertz CT molecular complexity index is 909. The second-order valence-electron chi connectivity index (χ2n) is 7.61. The van der Waals surface area contributed by atoms with Gasteiger partial charge in [0.15, 0.2) is 5.69 Å². The van der Waals surface area contributed by atoms with Crippen molar-refractivity contribution in [2.75, 3.05) is 6.54 Å². The van der Waals surface area contributed by atoms with Gasteiger partial charge in [-0.2, -0.15) is 0 Å². The molecule has 1 fully saturated rings.